The number of hydrogen-bond acceptors (Lipinski definition) is 6. The second-order valence-electron chi connectivity index (χ2n) is 6.50. The predicted octanol–water partition coefficient (Wildman–Crippen LogP) is 5.64. The minimum atomic E-state index is -0.811. The molecule has 0 aliphatic heterocycles. The molecule has 1 heterocycles. The van der Waals surface area contributed by atoms with Crippen LogP contribution in [-0.2, 0) is 11.2 Å². The molecule has 1 aromatic carbocycles. The first-order valence-corrected chi connectivity index (χ1v) is 10.4. The molecular weight excluding hydrogens is 386 g/mol. The third-order valence-electron chi connectivity index (χ3n) is 4.13. The molecule has 0 aliphatic rings. The van der Waals surface area contributed by atoms with Gasteiger partial charge >= 0.3 is 5.97 Å². The topological polar surface area (TPSA) is 84.3 Å². The lowest BCUT2D eigenvalue weighted by Crippen LogP contribution is -2.08. The van der Waals surface area contributed by atoms with Crippen LogP contribution in [0.1, 0.15) is 63.5 Å². The zero-order valence-electron chi connectivity index (χ0n) is 15.9. The number of halogens is 1. The number of aliphatic carboxylic acids is 1. The summed E-state index contributed by atoms with van der Waals surface area (Å²) >= 11 is 7.01. The van der Waals surface area contributed by atoms with Crippen molar-refractivity contribution in [2.75, 3.05) is 11.9 Å². The van der Waals surface area contributed by atoms with Crippen molar-refractivity contribution in [3.63, 3.8) is 0 Å². The van der Waals surface area contributed by atoms with Crippen molar-refractivity contribution in [3.8, 4) is 5.75 Å². The smallest absolute Gasteiger partial charge is 0.303 e. The van der Waals surface area contributed by atoms with Crippen LogP contribution in [0, 0.1) is 0 Å². The van der Waals surface area contributed by atoms with Crippen LogP contribution < -0.4 is 10.1 Å². The van der Waals surface area contributed by atoms with Crippen LogP contribution in [0.2, 0.25) is 5.28 Å². The lowest BCUT2D eigenvalue weighted by molar-refractivity contribution is -0.137. The first-order valence-electron chi connectivity index (χ1n) is 9.22. The zero-order chi connectivity index (χ0) is 19.8. The Kier molecular flexibility index (Phi) is 8.31. The molecule has 27 heavy (non-hydrogen) atoms. The van der Waals surface area contributed by atoms with E-state index in [4.69, 9.17) is 21.4 Å². The van der Waals surface area contributed by atoms with E-state index in [9.17, 15) is 4.79 Å². The number of nitrogens with one attached hydrogen (secondary N) is 1. The van der Waals surface area contributed by atoms with Crippen molar-refractivity contribution in [3.05, 3.63) is 28.5 Å². The molecule has 8 heteroatoms. The minimum Gasteiger partial charge on any atom is -0.491 e. The summed E-state index contributed by atoms with van der Waals surface area (Å²) in [4.78, 5) is 15.3. The van der Waals surface area contributed by atoms with Gasteiger partial charge in [0.25, 0.3) is 0 Å². The summed E-state index contributed by atoms with van der Waals surface area (Å²) in [6.45, 7) is 6.73. The third kappa shape index (κ3) is 6.36. The van der Waals surface area contributed by atoms with Gasteiger partial charge in [0.2, 0.25) is 10.4 Å². The zero-order valence-corrected chi connectivity index (χ0v) is 17.5. The van der Waals surface area contributed by atoms with Crippen LogP contribution in [0.4, 0.5) is 10.8 Å². The van der Waals surface area contributed by atoms with Gasteiger partial charge in [0, 0.05) is 11.5 Å². The summed E-state index contributed by atoms with van der Waals surface area (Å²) in [6.07, 6.45) is 3.94. The fourth-order valence-corrected chi connectivity index (χ4v) is 3.49. The van der Waals surface area contributed by atoms with E-state index >= 15 is 0 Å². The monoisotopic (exact) mass is 411 g/mol. The van der Waals surface area contributed by atoms with E-state index in [0.717, 1.165) is 48.2 Å². The van der Waals surface area contributed by atoms with E-state index in [1.54, 1.807) is 0 Å². The first-order chi connectivity index (χ1) is 12.9. The van der Waals surface area contributed by atoms with E-state index in [2.05, 4.69) is 34.6 Å². The number of aromatic nitrogens is 2. The van der Waals surface area contributed by atoms with E-state index in [1.165, 1.54) is 11.5 Å². The quantitative estimate of drug-likeness (QED) is 0.497. The van der Waals surface area contributed by atoms with Crippen molar-refractivity contribution in [2.24, 2.45) is 0 Å². The van der Waals surface area contributed by atoms with Gasteiger partial charge < -0.3 is 15.2 Å². The van der Waals surface area contributed by atoms with Crippen molar-refractivity contribution in [2.45, 2.75) is 58.8 Å². The minimum absolute atomic E-state index is 0.0759. The van der Waals surface area contributed by atoms with Gasteiger partial charge in [0.1, 0.15) is 5.75 Å². The Morgan fingerprint density at radius 2 is 2.15 bits per heavy atom. The normalized spacial score (nSPS) is 12.0. The molecule has 2 rings (SSSR count). The van der Waals surface area contributed by atoms with Crippen LogP contribution in [0.5, 0.6) is 5.75 Å². The van der Waals surface area contributed by atoms with Gasteiger partial charge in [-0.3, -0.25) is 4.79 Å². The highest BCUT2D eigenvalue weighted by Gasteiger charge is 2.18. The fraction of sp³-hybridized carbons (Fsp3) is 0.526. The fourth-order valence-electron chi connectivity index (χ4n) is 2.77. The first kappa shape index (κ1) is 21.4. The third-order valence-corrected chi connectivity index (χ3v) is 5.03. The molecule has 0 aliphatic carbocycles. The molecular formula is C19H26ClN3O3S. The highest BCUT2D eigenvalue weighted by Crippen LogP contribution is 2.37. The molecule has 1 unspecified atom stereocenters. The lowest BCUT2D eigenvalue weighted by Gasteiger charge is -2.20. The summed E-state index contributed by atoms with van der Waals surface area (Å²) in [5.41, 5.74) is 2.82. The van der Waals surface area contributed by atoms with E-state index in [-0.39, 0.29) is 17.6 Å². The van der Waals surface area contributed by atoms with Crippen molar-refractivity contribution >= 4 is 39.9 Å². The molecule has 2 aromatic rings. The highest BCUT2D eigenvalue weighted by molar-refractivity contribution is 7.10. The Bertz CT molecular complexity index is 767. The summed E-state index contributed by atoms with van der Waals surface area (Å²) in [6, 6.07) is 4.02. The Hall–Kier alpha value is -1.86. The Morgan fingerprint density at radius 1 is 1.37 bits per heavy atom. The summed E-state index contributed by atoms with van der Waals surface area (Å²) in [5.74, 6) is -0.126. The highest BCUT2D eigenvalue weighted by atomic mass is 35.5. The van der Waals surface area contributed by atoms with Crippen LogP contribution in [0.25, 0.3) is 0 Å². The molecule has 6 nitrogen and oxygen atoms in total. The standard InChI is InChI=1S/C19H26ClN3O3S/c1-4-6-7-13-10-14(12(3)9-16(24)25)11-15(17(13)26-8-5-2)21-19-22-18(20)23-27-19/h10-12H,4-9H2,1-3H3,(H,24,25)(H,21,22,23). The summed E-state index contributed by atoms with van der Waals surface area (Å²) in [7, 11) is 0. The number of benzene rings is 1. The average molecular weight is 412 g/mol. The molecule has 2 N–H and O–H groups in total. The number of nitrogens with zero attached hydrogens (tertiary/aromatic N) is 2. The molecule has 1 atom stereocenters. The number of carboxylic acid groups (broad SMARTS) is 1. The van der Waals surface area contributed by atoms with E-state index < -0.39 is 5.97 Å². The molecule has 0 fully saturated rings. The number of aryl methyl sites for hydroxylation is 1. The SMILES string of the molecule is CCCCc1cc(C(C)CC(=O)O)cc(Nc2nc(Cl)ns2)c1OCCC. The lowest BCUT2D eigenvalue weighted by atomic mass is 9.93. The number of carboxylic acids is 1. The number of carbonyl (C=O) groups is 1. The Balaban J connectivity index is 2.46. The molecule has 0 amide bonds. The predicted molar refractivity (Wildman–Crippen MR) is 110 cm³/mol. The summed E-state index contributed by atoms with van der Waals surface area (Å²) < 4.78 is 10.0. The molecule has 0 saturated carbocycles. The molecule has 0 bridgehead atoms. The Morgan fingerprint density at radius 3 is 2.74 bits per heavy atom. The van der Waals surface area contributed by atoms with E-state index in [1.807, 2.05) is 13.0 Å². The van der Waals surface area contributed by atoms with Crippen LogP contribution >= 0.6 is 23.1 Å². The van der Waals surface area contributed by atoms with Gasteiger partial charge in [-0.15, -0.1) is 0 Å². The molecule has 148 valence electrons. The molecule has 1 aromatic heterocycles. The van der Waals surface area contributed by atoms with Gasteiger partial charge in [0.05, 0.1) is 18.7 Å². The van der Waals surface area contributed by atoms with Crippen molar-refractivity contribution in [1.29, 1.82) is 0 Å². The number of unbranched alkanes of at least 4 members (excludes halogenated alkanes) is 1. The van der Waals surface area contributed by atoms with E-state index in [0.29, 0.717) is 11.7 Å². The molecule has 0 saturated heterocycles. The largest absolute Gasteiger partial charge is 0.491 e. The second kappa shape index (κ2) is 10.5. The number of rotatable bonds is 11. The van der Waals surface area contributed by atoms with Crippen LogP contribution in [0.3, 0.4) is 0 Å². The van der Waals surface area contributed by atoms with Gasteiger partial charge in [-0.05, 0) is 54.0 Å². The number of ether oxygens (including phenoxy) is 1. The van der Waals surface area contributed by atoms with Gasteiger partial charge in [-0.1, -0.05) is 33.3 Å². The van der Waals surface area contributed by atoms with Crippen LogP contribution in [-0.4, -0.2) is 27.0 Å². The number of hydrogen-bond donors (Lipinski definition) is 2. The van der Waals surface area contributed by atoms with Gasteiger partial charge in [-0.2, -0.15) is 9.36 Å². The van der Waals surface area contributed by atoms with Crippen molar-refractivity contribution < 1.29 is 14.6 Å². The maximum atomic E-state index is 11.2. The molecule has 0 radical (unpaired) electrons. The Labute approximate surface area is 169 Å². The summed E-state index contributed by atoms with van der Waals surface area (Å²) in [5, 5.41) is 13.2. The van der Waals surface area contributed by atoms with Crippen LogP contribution in [0.15, 0.2) is 12.1 Å². The van der Waals surface area contributed by atoms with Gasteiger partial charge in [-0.25, -0.2) is 0 Å². The van der Waals surface area contributed by atoms with Crippen molar-refractivity contribution in [1.82, 2.24) is 9.36 Å². The van der Waals surface area contributed by atoms with Gasteiger partial charge in [0.15, 0.2) is 0 Å². The maximum absolute atomic E-state index is 11.2. The average Bonchev–Trinajstić information content (AvgIpc) is 3.02. The maximum Gasteiger partial charge on any atom is 0.303 e. The second-order valence-corrected chi connectivity index (χ2v) is 7.59. The number of anilines is 2. The molecule has 0 spiro atoms.